The van der Waals surface area contributed by atoms with Gasteiger partial charge in [0.15, 0.2) is 11.7 Å². The molecule has 1 aromatic carbocycles. The van der Waals surface area contributed by atoms with Crippen LogP contribution >= 0.6 is 0 Å². The zero-order chi connectivity index (χ0) is 29.2. The van der Waals surface area contributed by atoms with E-state index in [0.717, 1.165) is 47.5 Å². The fourth-order valence-electron chi connectivity index (χ4n) is 6.58. The predicted octanol–water partition coefficient (Wildman–Crippen LogP) is 4.12. The van der Waals surface area contributed by atoms with Crippen molar-refractivity contribution >= 4 is 32.8 Å². The smallest absolute Gasteiger partial charge is 0.380 e. The maximum Gasteiger partial charge on any atom is 0.413 e. The van der Waals surface area contributed by atoms with Gasteiger partial charge in [0.25, 0.3) is 0 Å². The van der Waals surface area contributed by atoms with Crippen molar-refractivity contribution in [2.45, 2.75) is 50.2 Å². The summed E-state index contributed by atoms with van der Waals surface area (Å²) in [5.74, 6) is -1.82. The second-order valence-corrected chi connectivity index (χ2v) is 13.7. The highest BCUT2D eigenvalue weighted by Crippen LogP contribution is 2.47. The van der Waals surface area contributed by atoms with Gasteiger partial charge in [-0.3, -0.25) is 4.79 Å². The second kappa shape index (κ2) is 9.97. The minimum atomic E-state index is -4.72. The summed E-state index contributed by atoms with van der Waals surface area (Å²) in [7, 11) is -2.10. The van der Waals surface area contributed by atoms with Crippen LogP contribution < -0.4 is 4.90 Å². The molecule has 1 amide bonds. The van der Waals surface area contributed by atoms with Crippen LogP contribution in [-0.2, 0) is 24.8 Å². The predicted molar refractivity (Wildman–Crippen MR) is 146 cm³/mol. The van der Waals surface area contributed by atoms with Crippen molar-refractivity contribution in [3.05, 3.63) is 53.5 Å². The largest absolute Gasteiger partial charge is 0.413 e. The number of fused-ring (bicyclic) bond motifs is 4. The van der Waals surface area contributed by atoms with Crippen LogP contribution in [0.5, 0.6) is 0 Å². The van der Waals surface area contributed by atoms with Gasteiger partial charge in [-0.1, -0.05) is 12.1 Å². The molecule has 3 aliphatic rings. The lowest BCUT2D eigenvalue weighted by Gasteiger charge is -2.41. The average Bonchev–Trinajstić information content (AvgIpc) is 3.54. The SMILES string of the molecule is Cc1cc2ncc3c(n2n1)C1(CCOC1)CCN3c1ccc([C@H](N(C)C(=O)C2CCS(=O)(=O)CC2)C(F)(F)F)cc1. The molecule has 3 aromatic rings. The first-order valence-electron chi connectivity index (χ1n) is 13.7. The molecule has 2 saturated heterocycles. The van der Waals surface area contributed by atoms with Crippen molar-refractivity contribution in [1.29, 1.82) is 0 Å². The average molecular weight is 592 g/mol. The summed E-state index contributed by atoms with van der Waals surface area (Å²) in [5.41, 5.74) is 3.85. The van der Waals surface area contributed by atoms with E-state index in [1.807, 2.05) is 22.4 Å². The molecule has 2 fully saturated rings. The minimum Gasteiger partial charge on any atom is -0.380 e. The highest BCUT2D eigenvalue weighted by molar-refractivity contribution is 7.91. The molecular weight excluding hydrogens is 559 g/mol. The van der Waals surface area contributed by atoms with Crippen LogP contribution in [0.15, 0.2) is 36.5 Å². The van der Waals surface area contributed by atoms with E-state index >= 15 is 0 Å². The van der Waals surface area contributed by atoms with Gasteiger partial charge in [0.2, 0.25) is 5.91 Å². The lowest BCUT2D eigenvalue weighted by atomic mass is 9.77. The second-order valence-electron chi connectivity index (χ2n) is 11.4. The number of hydrogen-bond donors (Lipinski definition) is 0. The number of aryl methyl sites for hydroxylation is 1. The number of carbonyl (C=O) groups excluding carboxylic acids is 1. The number of rotatable bonds is 4. The van der Waals surface area contributed by atoms with Crippen molar-refractivity contribution in [3.8, 4) is 0 Å². The first kappa shape index (κ1) is 28.0. The summed E-state index contributed by atoms with van der Waals surface area (Å²) in [5, 5.41) is 4.70. The first-order valence-corrected chi connectivity index (χ1v) is 15.6. The molecule has 3 aliphatic heterocycles. The number of ether oxygens (including phenoxy) is 1. The summed E-state index contributed by atoms with van der Waals surface area (Å²) in [6.07, 6.45) is -1.20. The molecule has 220 valence electrons. The topological polar surface area (TPSA) is 97.1 Å². The summed E-state index contributed by atoms with van der Waals surface area (Å²) in [6.45, 7) is 3.77. The Morgan fingerprint density at radius 2 is 1.88 bits per heavy atom. The number of carbonyl (C=O) groups is 1. The minimum absolute atomic E-state index is 0.0347. The van der Waals surface area contributed by atoms with E-state index in [1.54, 1.807) is 18.3 Å². The van der Waals surface area contributed by atoms with E-state index in [4.69, 9.17) is 9.84 Å². The highest BCUT2D eigenvalue weighted by Gasteiger charge is 2.48. The molecule has 0 bridgehead atoms. The molecule has 9 nitrogen and oxygen atoms in total. The highest BCUT2D eigenvalue weighted by atomic mass is 32.2. The zero-order valence-corrected chi connectivity index (χ0v) is 23.7. The van der Waals surface area contributed by atoms with Gasteiger partial charge < -0.3 is 14.5 Å². The van der Waals surface area contributed by atoms with Crippen LogP contribution in [0.1, 0.15) is 48.7 Å². The fraction of sp³-hybridized carbons (Fsp3) is 0.536. The first-order chi connectivity index (χ1) is 19.4. The number of anilines is 2. The maximum absolute atomic E-state index is 14.3. The normalized spacial score (nSPS) is 23.6. The number of aromatic nitrogens is 3. The third-order valence-electron chi connectivity index (χ3n) is 8.77. The molecule has 2 aromatic heterocycles. The molecule has 13 heteroatoms. The van der Waals surface area contributed by atoms with Crippen molar-refractivity contribution in [1.82, 2.24) is 19.5 Å². The number of hydrogen-bond acceptors (Lipinski definition) is 7. The Hall–Kier alpha value is -3.19. The van der Waals surface area contributed by atoms with Gasteiger partial charge in [-0.05, 0) is 50.3 Å². The van der Waals surface area contributed by atoms with Gasteiger partial charge >= 0.3 is 6.18 Å². The number of sulfone groups is 1. The van der Waals surface area contributed by atoms with Gasteiger partial charge in [-0.15, -0.1) is 0 Å². The standard InChI is InChI=1S/C28H32F3N5O4S/c1-18-15-23-32-16-22-25(36(23)33-18)27(10-12-40-17-27)9-11-35(22)21-5-3-19(4-6-21)24(28(29,30)31)34(2)26(37)20-7-13-41(38,39)14-8-20/h3-6,15-16,20,24H,7-14,17H2,1-2H3/t24-,27?/m0/s1. The van der Waals surface area contributed by atoms with Crippen molar-refractivity contribution in [3.63, 3.8) is 0 Å². The van der Waals surface area contributed by atoms with E-state index in [0.29, 0.717) is 25.4 Å². The Morgan fingerprint density at radius 3 is 2.51 bits per heavy atom. The van der Waals surface area contributed by atoms with E-state index in [-0.39, 0.29) is 35.3 Å². The van der Waals surface area contributed by atoms with Crippen LogP contribution in [-0.4, -0.2) is 78.3 Å². The molecule has 0 aliphatic carbocycles. The van der Waals surface area contributed by atoms with Crippen molar-refractivity contribution < 1.29 is 31.1 Å². The van der Waals surface area contributed by atoms with Gasteiger partial charge in [0.1, 0.15) is 9.84 Å². The molecule has 1 spiro atoms. The van der Waals surface area contributed by atoms with Gasteiger partial charge in [-0.25, -0.2) is 17.9 Å². The zero-order valence-electron chi connectivity index (χ0n) is 22.9. The van der Waals surface area contributed by atoms with E-state index in [1.165, 1.54) is 12.1 Å². The molecule has 6 rings (SSSR count). The van der Waals surface area contributed by atoms with Gasteiger partial charge in [0.05, 0.1) is 41.4 Å². The molecule has 41 heavy (non-hydrogen) atoms. The third-order valence-corrected chi connectivity index (χ3v) is 10.5. The van der Waals surface area contributed by atoms with E-state index in [9.17, 15) is 26.4 Å². The van der Waals surface area contributed by atoms with Crippen molar-refractivity contribution in [2.75, 3.05) is 43.2 Å². The molecule has 5 heterocycles. The quantitative estimate of drug-likeness (QED) is 0.450. The number of nitrogens with zero attached hydrogens (tertiary/aromatic N) is 5. The van der Waals surface area contributed by atoms with Crippen LogP contribution in [0, 0.1) is 12.8 Å². The summed E-state index contributed by atoms with van der Waals surface area (Å²) in [4.78, 5) is 20.4. The monoisotopic (exact) mass is 591 g/mol. The molecule has 0 radical (unpaired) electrons. The van der Waals surface area contributed by atoms with Gasteiger partial charge in [0, 0.05) is 43.3 Å². The summed E-state index contributed by atoms with van der Waals surface area (Å²) >= 11 is 0. The molecule has 0 saturated carbocycles. The lowest BCUT2D eigenvalue weighted by Crippen LogP contribution is -2.44. The molecule has 2 atom stereocenters. The Balaban J connectivity index is 1.31. The number of amides is 1. The lowest BCUT2D eigenvalue weighted by molar-refractivity contribution is -0.190. The third kappa shape index (κ3) is 4.96. The van der Waals surface area contributed by atoms with Crippen LogP contribution in [0.25, 0.3) is 5.65 Å². The van der Waals surface area contributed by atoms with E-state index in [2.05, 4.69) is 4.98 Å². The Kier molecular flexibility index (Phi) is 6.80. The van der Waals surface area contributed by atoms with Crippen LogP contribution in [0.3, 0.4) is 0 Å². The number of benzene rings is 1. The van der Waals surface area contributed by atoms with Crippen LogP contribution in [0.2, 0.25) is 0 Å². The Bertz CT molecular complexity index is 1570. The number of halogens is 3. The molecular formula is C28H32F3N5O4S. The maximum atomic E-state index is 14.3. The molecule has 1 unspecified atom stereocenters. The fourth-order valence-corrected chi connectivity index (χ4v) is 8.07. The van der Waals surface area contributed by atoms with E-state index < -0.39 is 33.9 Å². The number of alkyl halides is 3. The summed E-state index contributed by atoms with van der Waals surface area (Å²) in [6, 6.07) is 5.88. The summed E-state index contributed by atoms with van der Waals surface area (Å²) < 4.78 is 74.2. The Morgan fingerprint density at radius 1 is 1.17 bits per heavy atom. The molecule has 0 N–H and O–H groups in total. The van der Waals surface area contributed by atoms with Gasteiger partial charge in [-0.2, -0.15) is 18.3 Å². The van der Waals surface area contributed by atoms with Crippen molar-refractivity contribution in [2.24, 2.45) is 5.92 Å². The van der Waals surface area contributed by atoms with Crippen LogP contribution in [0.4, 0.5) is 24.5 Å². The Labute approximate surface area is 236 Å².